The van der Waals surface area contributed by atoms with Gasteiger partial charge in [-0.15, -0.1) is 0 Å². The Kier molecular flexibility index (Phi) is 4.75. The first-order valence-corrected chi connectivity index (χ1v) is 9.60. The van der Waals surface area contributed by atoms with Gasteiger partial charge in [0.2, 0.25) is 5.91 Å². The highest BCUT2D eigenvalue weighted by atomic mass is 16.5. The maximum Gasteiger partial charge on any atom is 0.225 e. The zero-order valence-electron chi connectivity index (χ0n) is 15.0. The molecule has 2 fully saturated rings. The highest BCUT2D eigenvalue weighted by Gasteiger charge is 2.30. The number of carbonyl (C=O) groups is 1. The van der Waals surface area contributed by atoms with Gasteiger partial charge in [-0.1, -0.05) is 19.1 Å². The van der Waals surface area contributed by atoms with E-state index in [1.807, 2.05) is 6.07 Å². The molecule has 1 amide bonds. The minimum Gasteiger partial charge on any atom is -0.381 e. The Bertz CT molecular complexity index is 740. The Hall–Kier alpha value is -1.88. The van der Waals surface area contributed by atoms with E-state index in [2.05, 4.69) is 34.6 Å². The van der Waals surface area contributed by atoms with Crippen LogP contribution >= 0.6 is 0 Å². The van der Waals surface area contributed by atoms with Crippen LogP contribution in [0.5, 0.6) is 0 Å². The summed E-state index contributed by atoms with van der Waals surface area (Å²) in [4.78, 5) is 19.6. The van der Waals surface area contributed by atoms with Crippen LogP contribution in [-0.2, 0) is 16.0 Å². The third kappa shape index (κ3) is 3.17. The quantitative estimate of drug-likeness (QED) is 0.861. The van der Waals surface area contributed by atoms with Crippen molar-refractivity contribution in [2.24, 2.45) is 5.92 Å². The molecule has 0 spiro atoms. The van der Waals surface area contributed by atoms with Gasteiger partial charge in [0, 0.05) is 44.7 Å². The van der Waals surface area contributed by atoms with Gasteiger partial charge >= 0.3 is 0 Å². The predicted octanol–water partition coefficient (Wildman–Crippen LogP) is 3.19. The standard InChI is InChI=1S/C20H27N3O2/c1-2-19-21-17-5-3-4-6-18(17)23(19)16-7-11-22(12-8-16)20(24)15-9-13-25-14-10-15/h3-6,15-16H,2,7-14H2,1H3. The number of rotatable bonds is 3. The van der Waals surface area contributed by atoms with E-state index < -0.39 is 0 Å². The van der Waals surface area contributed by atoms with Crippen molar-refractivity contribution >= 4 is 16.9 Å². The first-order valence-electron chi connectivity index (χ1n) is 9.60. The molecule has 0 unspecified atom stereocenters. The molecule has 1 aromatic carbocycles. The molecule has 134 valence electrons. The zero-order valence-corrected chi connectivity index (χ0v) is 15.0. The van der Waals surface area contributed by atoms with E-state index in [9.17, 15) is 4.79 Å². The van der Waals surface area contributed by atoms with Crippen molar-refractivity contribution < 1.29 is 9.53 Å². The summed E-state index contributed by atoms with van der Waals surface area (Å²) in [5, 5.41) is 0. The van der Waals surface area contributed by atoms with Crippen LogP contribution in [0.15, 0.2) is 24.3 Å². The van der Waals surface area contributed by atoms with Gasteiger partial charge in [-0.3, -0.25) is 4.79 Å². The smallest absolute Gasteiger partial charge is 0.225 e. The van der Waals surface area contributed by atoms with Crippen LogP contribution in [0.25, 0.3) is 11.0 Å². The number of imidazole rings is 1. The molecular weight excluding hydrogens is 314 g/mol. The molecule has 0 saturated carbocycles. The van der Waals surface area contributed by atoms with Gasteiger partial charge in [-0.05, 0) is 37.8 Å². The number of para-hydroxylation sites is 2. The van der Waals surface area contributed by atoms with Crippen molar-refractivity contribution in [3.8, 4) is 0 Å². The number of fused-ring (bicyclic) bond motifs is 1. The van der Waals surface area contributed by atoms with Crippen molar-refractivity contribution in [3.63, 3.8) is 0 Å². The van der Waals surface area contributed by atoms with Gasteiger partial charge in [0.05, 0.1) is 11.0 Å². The van der Waals surface area contributed by atoms with Gasteiger partial charge in [0.15, 0.2) is 0 Å². The Morgan fingerprint density at radius 1 is 1.16 bits per heavy atom. The van der Waals surface area contributed by atoms with Crippen LogP contribution in [-0.4, -0.2) is 46.7 Å². The van der Waals surface area contributed by atoms with E-state index in [1.54, 1.807) is 0 Å². The lowest BCUT2D eigenvalue weighted by atomic mass is 9.96. The summed E-state index contributed by atoms with van der Waals surface area (Å²) in [5.41, 5.74) is 2.31. The molecule has 3 heterocycles. The van der Waals surface area contributed by atoms with Gasteiger partial charge in [-0.25, -0.2) is 4.98 Å². The minimum atomic E-state index is 0.172. The summed E-state index contributed by atoms with van der Waals surface area (Å²) in [5.74, 6) is 1.67. The highest BCUT2D eigenvalue weighted by molar-refractivity contribution is 5.79. The highest BCUT2D eigenvalue weighted by Crippen LogP contribution is 2.30. The van der Waals surface area contributed by atoms with Crippen molar-refractivity contribution in [1.82, 2.24) is 14.5 Å². The SMILES string of the molecule is CCc1nc2ccccc2n1C1CCN(C(=O)C2CCOCC2)CC1. The molecule has 0 N–H and O–H groups in total. The Labute approximate surface area is 149 Å². The third-order valence-corrected chi connectivity index (χ3v) is 5.70. The zero-order chi connectivity index (χ0) is 17.2. The van der Waals surface area contributed by atoms with Gasteiger partial charge in [-0.2, -0.15) is 0 Å². The molecule has 0 atom stereocenters. The van der Waals surface area contributed by atoms with Crippen molar-refractivity contribution in [2.75, 3.05) is 26.3 Å². The molecule has 0 radical (unpaired) electrons. The van der Waals surface area contributed by atoms with E-state index in [1.165, 1.54) is 5.52 Å². The molecule has 2 aliphatic heterocycles. The lowest BCUT2D eigenvalue weighted by molar-refractivity contribution is -0.139. The molecule has 0 bridgehead atoms. The van der Waals surface area contributed by atoms with Crippen LogP contribution in [0, 0.1) is 5.92 Å². The molecule has 5 heteroatoms. The van der Waals surface area contributed by atoms with Crippen molar-refractivity contribution in [1.29, 1.82) is 0 Å². The maximum absolute atomic E-state index is 12.7. The molecule has 0 aliphatic carbocycles. The molecule has 2 aliphatic rings. The normalized spacial score (nSPS) is 20.3. The van der Waals surface area contributed by atoms with E-state index >= 15 is 0 Å². The number of aromatic nitrogens is 2. The van der Waals surface area contributed by atoms with E-state index in [-0.39, 0.29) is 5.92 Å². The van der Waals surface area contributed by atoms with Gasteiger partial charge in [0.25, 0.3) is 0 Å². The largest absolute Gasteiger partial charge is 0.381 e. The first-order chi connectivity index (χ1) is 12.3. The Morgan fingerprint density at radius 3 is 2.60 bits per heavy atom. The summed E-state index contributed by atoms with van der Waals surface area (Å²) in [6, 6.07) is 8.84. The van der Waals surface area contributed by atoms with Crippen LogP contribution in [0.4, 0.5) is 0 Å². The number of benzene rings is 1. The van der Waals surface area contributed by atoms with Gasteiger partial charge in [0.1, 0.15) is 5.82 Å². The number of aryl methyl sites for hydroxylation is 1. The second-order valence-corrected chi connectivity index (χ2v) is 7.18. The second kappa shape index (κ2) is 7.16. The molecule has 5 nitrogen and oxygen atoms in total. The molecule has 25 heavy (non-hydrogen) atoms. The summed E-state index contributed by atoms with van der Waals surface area (Å²) in [7, 11) is 0. The van der Waals surface area contributed by atoms with Gasteiger partial charge < -0.3 is 14.2 Å². The number of amides is 1. The Morgan fingerprint density at radius 2 is 1.88 bits per heavy atom. The third-order valence-electron chi connectivity index (χ3n) is 5.70. The minimum absolute atomic E-state index is 0.172. The number of carbonyl (C=O) groups excluding carboxylic acids is 1. The van der Waals surface area contributed by atoms with Crippen LogP contribution in [0.3, 0.4) is 0 Å². The number of piperidine rings is 1. The summed E-state index contributed by atoms with van der Waals surface area (Å²) < 4.78 is 7.81. The number of ether oxygens (including phenoxy) is 1. The lowest BCUT2D eigenvalue weighted by Gasteiger charge is -2.36. The monoisotopic (exact) mass is 341 g/mol. The van der Waals surface area contributed by atoms with Crippen LogP contribution in [0.1, 0.15) is 44.5 Å². The number of hydrogen-bond acceptors (Lipinski definition) is 3. The van der Waals surface area contributed by atoms with E-state index in [0.29, 0.717) is 11.9 Å². The first kappa shape index (κ1) is 16.6. The van der Waals surface area contributed by atoms with Crippen molar-refractivity contribution in [3.05, 3.63) is 30.1 Å². The maximum atomic E-state index is 12.7. The molecule has 2 aromatic rings. The molecule has 2 saturated heterocycles. The molecule has 1 aromatic heterocycles. The number of nitrogens with zero attached hydrogens (tertiary/aromatic N) is 3. The van der Waals surface area contributed by atoms with E-state index in [0.717, 1.165) is 69.7 Å². The number of hydrogen-bond donors (Lipinski definition) is 0. The van der Waals surface area contributed by atoms with E-state index in [4.69, 9.17) is 9.72 Å². The number of likely N-dealkylation sites (tertiary alicyclic amines) is 1. The average molecular weight is 341 g/mol. The summed E-state index contributed by atoms with van der Waals surface area (Å²) in [6.07, 6.45) is 4.73. The van der Waals surface area contributed by atoms with Crippen molar-refractivity contribution in [2.45, 2.75) is 45.1 Å². The molecule has 4 rings (SSSR count). The lowest BCUT2D eigenvalue weighted by Crippen LogP contribution is -2.43. The Balaban J connectivity index is 1.48. The van der Waals surface area contributed by atoms with Crippen LogP contribution < -0.4 is 0 Å². The molecular formula is C20H27N3O2. The fraction of sp³-hybridized carbons (Fsp3) is 0.600. The average Bonchev–Trinajstić information content (AvgIpc) is 3.07. The topological polar surface area (TPSA) is 47.4 Å². The second-order valence-electron chi connectivity index (χ2n) is 7.18. The summed E-state index contributed by atoms with van der Waals surface area (Å²) >= 11 is 0. The summed E-state index contributed by atoms with van der Waals surface area (Å²) in [6.45, 7) is 5.34. The predicted molar refractivity (Wildman–Crippen MR) is 97.5 cm³/mol. The fourth-order valence-electron chi connectivity index (χ4n) is 4.30. The van der Waals surface area contributed by atoms with Crippen LogP contribution in [0.2, 0.25) is 0 Å². The fourth-order valence-corrected chi connectivity index (χ4v) is 4.30.